The fourth-order valence-electron chi connectivity index (χ4n) is 1.98. The molecule has 0 radical (unpaired) electrons. The Labute approximate surface area is 104 Å². The van der Waals surface area contributed by atoms with E-state index < -0.39 is 0 Å². The van der Waals surface area contributed by atoms with Crippen molar-refractivity contribution in [1.82, 2.24) is 9.55 Å². The molecule has 0 aliphatic rings. The predicted octanol–water partition coefficient (Wildman–Crippen LogP) is 3.12. The molecule has 1 unspecified atom stereocenters. The van der Waals surface area contributed by atoms with Crippen LogP contribution in [-0.4, -0.2) is 23.3 Å². The molecule has 5 heteroatoms. The fraction of sp³-hybridized carbons (Fsp3) is 0.417. The number of para-hydroxylation sites is 1. The summed E-state index contributed by atoms with van der Waals surface area (Å²) in [7, 11) is 1.67. The first-order chi connectivity index (χ1) is 8.13. The molecule has 1 atom stereocenters. The predicted molar refractivity (Wildman–Crippen MR) is 68.1 cm³/mol. The number of rotatable bonds is 4. The molecular weight excluding hydrogens is 239 g/mol. The van der Waals surface area contributed by atoms with E-state index in [9.17, 15) is 4.39 Å². The molecule has 0 spiro atoms. The maximum absolute atomic E-state index is 13.5. The summed E-state index contributed by atoms with van der Waals surface area (Å²) < 4.78 is 21.1. The van der Waals surface area contributed by atoms with Crippen LogP contribution in [0.15, 0.2) is 18.2 Å². The SMILES string of the molecule is COCC(C)Cn1c(=S)[nH]c2c(F)cccc21. The van der Waals surface area contributed by atoms with Gasteiger partial charge in [0.15, 0.2) is 4.77 Å². The number of nitrogens with one attached hydrogen (secondary N) is 1. The van der Waals surface area contributed by atoms with E-state index in [1.807, 2.05) is 10.6 Å². The van der Waals surface area contributed by atoms with Crippen LogP contribution in [0.25, 0.3) is 11.0 Å². The second-order valence-corrected chi connectivity index (χ2v) is 4.62. The molecule has 2 aromatic rings. The Morgan fingerprint density at radius 1 is 1.53 bits per heavy atom. The van der Waals surface area contributed by atoms with E-state index in [2.05, 4.69) is 11.9 Å². The summed E-state index contributed by atoms with van der Waals surface area (Å²) in [5.41, 5.74) is 1.28. The number of methoxy groups -OCH3 is 1. The normalized spacial score (nSPS) is 13.1. The van der Waals surface area contributed by atoms with Crippen LogP contribution in [0.5, 0.6) is 0 Å². The van der Waals surface area contributed by atoms with Crippen molar-refractivity contribution in [1.29, 1.82) is 0 Å². The first-order valence-corrected chi connectivity index (χ1v) is 5.90. The Morgan fingerprint density at radius 3 is 3.00 bits per heavy atom. The molecule has 0 aliphatic carbocycles. The fourth-order valence-corrected chi connectivity index (χ4v) is 2.25. The minimum absolute atomic E-state index is 0.272. The molecule has 1 heterocycles. The quantitative estimate of drug-likeness (QED) is 0.850. The highest BCUT2D eigenvalue weighted by Gasteiger charge is 2.10. The summed E-state index contributed by atoms with van der Waals surface area (Å²) in [6.45, 7) is 3.45. The van der Waals surface area contributed by atoms with Gasteiger partial charge in [0.05, 0.1) is 12.1 Å². The largest absolute Gasteiger partial charge is 0.384 e. The molecule has 3 nitrogen and oxygen atoms in total. The number of fused-ring (bicyclic) bond motifs is 1. The second kappa shape index (κ2) is 4.98. The van der Waals surface area contributed by atoms with Gasteiger partial charge in [-0.2, -0.15) is 0 Å². The van der Waals surface area contributed by atoms with Crippen molar-refractivity contribution < 1.29 is 9.13 Å². The first kappa shape index (κ1) is 12.3. The monoisotopic (exact) mass is 254 g/mol. The van der Waals surface area contributed by atoms with E-state index in [1.54, 1.807) is 13.2 Å². The lowest BCUT2D eigenvalue weighted by Crippen LogP contribution is -2.12. The highest BCUT2D eigenvalue weighted by atomic mass is 32.1. The summed E-state index contributed by atoms with van der Waals surface area (Å²) in [6, 6.07) is 4.98. The lowest BCUT2D eigenvalue weighted by Gasteiger charge is -2.11. The van der Waals surface area contributed by atoms with Gasteiger partial charge < -0.3 is 14.3 Å². The van der Waals surface area contributed by atoms with E-state index in [1.165, 1.54) is 6.07 Å². The Bertz CT molecular complexity index is 575. The van der Waals surface area contributed by atoms with Gasteiger partial charge in [0.1, 0.15) is 11.3 Å². The van der Waals surface area contributed by atoms with Crippen LogP contribution in [0.4, 0.5) is 4.39 Å². The number of aromatic amines is 1. The molecule has 0 aliphatic heterocycles. The maximum Gasteiger partial charge on any atom is 0.178 e. The molecule has 0 saturated heterocycles. The summed E-state index contributed by atoms with van der Waals surface area (Å²) in [5.74, 6) is 0.0562. The van der Waals surface area contributed by atoms with Crippen LogP contribution in [0.1, 0.15) is 6.92 Å². The third-order valence-corrected chi connectivity index (χ3v) is 3.03. The number of ether oxygens (including phenoxy) is 1. The van der Waals surface area contributed by atoms with Crippen molar-refractivity contribution >= 4 is 23.3 Å². The Morgan fingerprint density at radius 2 is 2.29 bits per heavy atom. The number of halogens is 1. The van der Waals surface area contributed by atoms with E-state index in [-0.39, 0.29) is 5.82 Å². The molecule has 0 bridgehead atoms. The smallest absolute Gasteiger partial charge is 0.178 e. The van der Waals surface area contributed by atoms with Crippen LogP contribution >= 0.6 is 12.2 Å². The molecule has 2 rings (SSSR count). The molecule has 92 valence electrons. The van der Waals surface area contributed by atoms with Gasteiger partial charge in [0.25, 0.3) is 0 Å². The summed E-state index contributed by atoms with van der Waals surface area (Å²) >= 11 is 5.22. The second-order valence-electron chi connectivity index (χ2n) is 4.24. The van der Waals surface area contributed by atoms with Crippen LogP contribution in [-0.2, 0) is 11.3 Å². The minimum Gasteiger partial charge on any atom is -0.384 e. The topological polar surface area (TPSA) is 29.9 Å². The van der Waals surface area contributed by atoms with Gasteiger partial charge >= 0.3 is 0 Å². The lowest BCUT2D eigenvalue weighted by molar-refractivity contribution is 0.152. The van der Waals surface area contributed by atoms with Crippen molar-refractivity contribution in [3.63, 3.8) is 0 Å². The van der Waals surface area contributed by atoms with Crippen LogP contribution in [0, 0.1) is 16.5 Å². The van der Waals surface area contributed by atoms with Crippen LogP contribution in [0.2, 0.25) is 0 Å². The molecule has 1 aromatic carbocycles. The molecule has 1 N–H and O–H groups in total. The third kappa shape index (κ3) is 2.40. The van der Waals surface area contributed by atoms with Crippen LogP contribution < -0.4 is 0 Å². The number of imidazole rings is 1. The molecule has 17 heavy (non-hydrogen) atoms. The number of aromatic nitrogens is 2. The average molecular weight is 254 g/mol. The zero-order valence-electron chi connectivity index (χ0n) is 9.87. The van der Waals surface area contributed by atoms with Crippen molar-refractivity contribution in [2.75, 3.05) is 13.7 Å². The van der Waals surface area contributed by atoms with Gasteiger partial charge in [-0.15, -0.1) is 0 Å². The van der Waals surface area contributed by atoms with Gasteiger partial charge in [0, 0.05) is 13.7 Å². The zero-order valence-corrected chi connectivity index (χ0v) is 10.7. The summed E-state index contributed by atoms with van der Waals surface area (Å²) in [5, 5.41) is 0. The molecule has 0 saturated carbocycles. The van der Waals surface area contributed by atoms with Crippen molar-refractivity contribution in [2.24, 2.45) is 5.92 Å². The molecule has 0 fully saturated rings. The van der Waals surface area contributed by atoms with Gasteiger partial charge in [-0.1, -0.05) is 13.0 Å². The summed E-state index contributed by atoms with van der Waals surface area (Å²) in [4.78, 5) is 2.90. The van der Waals surface area contributed by atoms with Gasteiger partial charge in [0.2, 0.25) is 0 Å². The number of hydrogen-bond acceptors (Lipinski definition) is 2. The van der Waals surface area contributed by atoms with Crippen molar-refractivity contribution in [3.05, 3.63) is 28.8 Å². The van der Waals surface area contributed by atoms with Gasteiger partial charge in [-0.25, -0.2) is 4.39 Å². The van der Waals surface area contributed by atoms with E-state index in [0.717, 1.165) is 12.1 Å². The first-order valence-electron chi connectivity index (χ1n) is 5.49. The van der Waals surface area contributed by atoms with Crippen LogP contribution in [0.3, 0.4) is 0 Å². The number of H-pyrrole nitrogens is 1. The Balaban J connectivity index is 2.43. The average Bonchev–Trinajstić information content (AvgIpc) is 2.58. The minimum atomic E-state index is -0.272. The Hall–Kier alpha value is -1.20. The van der Waals surface area contributed by atoms with Gasteiger partial charge in [-0.05, 0) is 30.3 Å². The summed E-state index contributed by atoms with van der Waals surface area (Å²) in [6.07, 6.45) is 0. The molecule has 0 amide bonds. The lowest BCUT2D eigenvalue weighted by atomic mass is 10.2. The zero-order chi connectivity index (χ0) is 12.4. The van der Waals surface area contributed by atoms with E-state index >= 15 is 0 Å². The van der Waals surface area contributed by atoms with Crippen molar-refractivity contribution in [2.45, 2.75) is 13.5 Å². The maximum atomic E-state index is 13.5. The highest BCUT2D eigenvalue weighted by Crippen LogP contribution is 2.18. The number of nitrogens with zero attached hydrogens (tertiary/aromatic N) is 1. The number of benzene rings is 1. The number of hydrogen-bond donors (Lipinski definition) is 1. The highest BCUT2D eigenvalue weighted by molar-refractivity contribution is 7.71. The van der Waals surface area contributed by atoms with Crippen molar-refractivity contribution in [3.8, 4) is 0 Å². The van der Waals surface area contributed by atoms with Gasteiger partial charge in [-0.3, -0.25) is 0 Å². The molecular formula is C12H15FN2OS. The molecule has 1 aromatic heterocycles. The Kier molecular flexibility index (Phi) is 3.59. The van der Waals surface area contributed by atoms with E-state index in [4.69, 9.17) is 17.0 Å². The third-order valence-electron chi connectivity index (χ3n) is 2.70. The standard InChI is InChI=1S/C12H15FN2OS/c1-8(7-16-2)6-15-10-5-3-4-9(13)11(10)14-12(15)17/h3-5,8H,6-7H2,1-2H3,(H,14,17). The van der Waals surface area contributed by atoms with E-state index in [0.29, 0.717) is 22.8 Å².